The van der Waals surface area contributed by atoms with Gasteiger partial charge in [-0.25, -0.2) is 0 Å². The molecule has 1 heterocycles. The van der Waals surface area contributed by atoms with Crippen LogP contribution >= 0.6 is 11.3 Å². The highest BCUT2D eigenvalue weighted by molar-refractivity contribution is 7.09. The second-order valence-corrected chi connectivity index (χ2v) is 5.41. The van der Waals surface area contributed by atoms with Crippen LogP contribution in [0.25, 0.3) is 0 Å². The number of hydrogen-bond donors (Lipinski definition) is 1. The molecule has 19 heavy (non-hydrogen) atoms. The topological polar surface area (TPSA) is 38.3 Å². The highest BCUT2D eigenvalue weighted by Crippen LogP contribution is 2.14. The molecular formula is C15H17NO2S. The van der Waals surface area contributed by atoms with Crippen LogP contribution in [0.4, 0.5) is 0 Å². The van der Waals surface area contributed by atoms with E-state index in [9.17, 15) is 4.79 Å². The van der Waals surface area contributed by atoms with E-state index in [1.54, 1.807) is 18.3 Å². The van der Waals surface area contributed by atoms with E-state index in [4.69, 9.17) is 4.74 Å². The van der Waals surface area contributed by atoms with Crippen LogP contribution in [-0.4, -0.2) is 12.0 Å². The van der Waals surface area contributed by atoms with E-state index in [1.165, 1.54) is 0 Å². The zero-order valence-corrected chi connectivity index (χ0v) is 11.9. The lowest BCUT2D eigenvalue weighted by Gasteiger charge is -2.14. The van der Waals surface area contributed by atoms with E-state index < -0.39 is 6.10 Å². The van der Waals surface area contributed by atoms with Gasteiger partial charge >= 0.3 is 0 Å². The fraction of sp³-hybridized carbons (Fsp3) is 0.267. The molecule has 0 spiro atoms. The summed E-state index contributed by atoms with van der Waals surface area (Å²) in [5.74, 6) is 0.619. The number of carbonyl (C=O) groups is 1. The molecule has 0 saturated heterocycles. The normalized spacial score (nSPS) is 11.9. The minimum absolute atomic E-state index is 0.102. The number of ether oxygens (including phenoxy) is 1. The summed E-state index contributed by atoms with van der Waals surface area (Å²) in [6.07, 6.45) is -0.498. The maximum atomic E-state index is 11.9. The number of nitrogens with one attached hydrogen (secondary N) is 1. The van der Waals surface area contributed by atoms with E-state index >= 15 is 0 Å². The van der Waals surface area contributed by atoms with Crippen LogP contribution in [0.5, 0.6) is 5.75 Å². The first-order valence-electron chi connectivity index (χ1n) is 6.18. The Kier molecular flexibility index (Phi) is 4.58. The second-order valence-electron chi connectivity index (χ2n) is 4.37. The predicted molar refractivity (Wildman–Crippen MR) is 77.4 cm³/mol. The Labute approximate surface area is 117 Å². The molecule has 0 aliphatic rings. The molecule has 0 fully saturated rings. The van der Waals surface area contributed by atoms with Gasteiger partial charge in [0, 0.05) is 4.88 Å². The van der Waals surface area contributed by atoms with Gasteiger partial charge in [-0.15, -0.1) is 11.3 Å². The van der Waals surface area contributed by atoms with Gasteiger partial charge in [0.2, 0.25) is 0 Å². The molecule has 2 aromatic rings. The van der Waals surface area contributed by atoms with Gasteiger partial charge in [-0.2, -0.15) is 0 Å². The lowest BCUT2D eigenvalue weighted by Crippen LogP contribution is -2.35. The third kappa shape index (κ3) is 4.10. The van der Waals surface area contributed by atoms with Gasteiger partial charge in [0.25, 0.3) is 5.91 Å². The highest BCUT2D eigenvalue weighted by Gasteiger charge is 2.14. The Morgan fingerprint density at radius 1 is 1.37 bits per heavy atom. The van der Waals surface area contributed by atoms with E-state index in [0.29, 0.717) is 6.54 Å². The Bertz CT molecular complexity index is 537. The summed E-state index contributed by atoms with van der Waals surface area (Å²) in [6.45, 7) is 4.30. The molecule has 0 unspecified atom stereocenters. The molecule has 1 amide bonds. The van der Waals surface area contributed by atoms with Crippen LogP contribution in [-0.2, 0) is 11.3 Å². The van der Waals surface area contributed by atoms with Gasteiger partial charge in [0.1, 0.15) is 5.75 Å². The lowest BCUT2D eigenvalue weighted by atomic mass is 10.2. The number of hydrogen-bond acceptors (Lipinski definition) is 3. The summed E-state index contributed by atoms with van der Waals surface area (Å²) < 4.78 is 5.62. The minimum atomic E-state index is -0.498. The Hall–Kier alpha value is -1.81. The number of carbonyl (C=O) groups excluding carboxylic acids is 1. The average Bonchev–Trinajstić information content (AvgIpc) is 2.89. The standard InChI is InChI=1S/C15H17NO2S/c1-11-5-3-6-13(9-11)18-12(2)15(17)16-10-14-7-4-8-19-14/h3-9,12H,10H2,1-2H3,(H,16,17)/t12-/m0/s1. The Balaban J connectivity index is 1.85. The van der Waals surface area contributed by atoms with Crippen LogP contribution < -0.4 is 10.1 Å². The maximum Gasteiger partial charge on any atom is 0.261 e. The van der Waals surface area contributed by atoms with Gasteiger partial charge in [0.05, 0.1) is 6.54 Å². The number of rotatable bonds is 5. The fourth-order valence-corrected chi connectivity index (χ4v) is 2.32. The van der Waals surface area contributed by atoms with E-state index in [1.807, 2.05) is 48.7 Å². The molecule has 0 saturated carbocycles. The van der Waals surface area contributed by atoms with Crippen LogP contribution in [0.2, 0.25) is 0 Å². The first kappa shape index (κ1) is 13.6. The first-order chi connectivity index (χ1) is 9.15. The Morgan fingerprint density at radius 3 is 2.89 bits per heavy atom. The van der Waals surface area contributed by atoms with Gasteiger partial charge in [-0.1, -0.05) is 18.2 Å². The maximum absolute atomic E-state index is 11.9. The van der Waals surface area contributed by atoms with Crippen molar-refractivity contribution in [3.05, 3.63) is 52.2 Å². The molecule has 2 rings (SSSR count). The van der Waals surface area contributed by atoms with Crippen LogP contribution in [0, 0.1) is 6.92 Å². The van der Waals surface area contributed by atoms with E-state index in [2.05, 4.69) is 5.32 Å². The van der Waals surface area contributed by atoms with Crippen molar-refractivity contribution in [1.29, 1.82) is 0 Å². The second kappa shape index (κ2) is 6.38. The van der Waals surface area contributed by atoms with Crippen LogP contribution in [0.1, 0.15) is 17.4 Å². The van der Waals surface area contributed by atoms with Gasteiger partial charge in [-0.05, 0) is 43.0 Å². The number of amides is 1. The summed E-state index contributed by atoms with van der Waals surface area (Å²) in [7, 11) is 0. The molecule has 0 bridgehead atoms. The zero-order valence-electron chi connectivity index (χ0n) is 11.1. The van der Waals surface area contributed by atoms with E-state index in [0.717, 1.165) is 16.2 Å². The minimum Gasteiger partial charge on any atom is -0.481 e. The lowest BCUT2D eigenvalue weighted by molar-refractivity contribution is -0.127. The van der Waals surface area contributed by atoms with Crippen molar-refractivity contribution in [3.8, 4) is 5.75 Å². The van der Waals surface area contributed by atoms with Crippen molar-refractivity contribution in [1.82, 2.24) is 5.32 Å². The molecule has 1 N–H and O–H groups in total. The highest BCUT2D eigenvalue weighted by atomic mass is 32.1. The van der Waals surface area contributed by atoms with Crippen LogP contribution in [0.15, 0.2) is 41.8 Å². The van der Waals surface area contributed by atoms with Crippen LogP contribution in [0.3, 0.4) is 0 Å². The average molecular weight is 275 g/mol. The largest absolute Gasteiger partial charge is 0.481 e. The molecule has 1 aromatic carbocycles. The number of benzene rings is 1. The molecule has 100 valence electrons. The van der Waals surface area contributed by atoms with Crippen molar-refractivity contribution in [2.45, 2.75) is 26.5 Å². The summed E-state index contributed by atoms with van der Waals surface area (Å²) >= 11 is 1.63. The third-order valence-electron chi connectivity index (χ3n) is 2.69. The summed E-state index contributed by atoms with van der Waals surface area (Å²) in [6, 6.07) is 11.7. The molecule has 0 radical (unpaired) electrons. The fourth-order valence-electron chi connectivity index (χ4n) is 1.68. The summed E-state index contributed by atoms with van der Waals surface area (Å²) in [4.78, 5) is 13.0. The Morgan fingerprint density at radius 2 is 2.21 bits per heavy atom. The van der Waals surface area contributed by atoms with Crippen molar-refractivity contribution in [3.63, 3.8) is 0 Å². The molecule has 0 aliphatic heterocycles. The molecule has 1 aromatic heterocycles. The molecule has 3 nitrogen and oxygen atoms in total. The quantitative estimate of drug-likeness (QED) is 0.910. The molecule has 1 atom stereocenters. The van der Waals surface area contributed by atoms with Crippen molar-refractivity contribution >= 4 is 17.2 Å². The molecule has 0 aliphatic carbocycles. The van der Waals surface area contributed by atoms with Crippen molar-refractivity contribution in [2.24, 2.45) is 0 Å². The SMILES string of the molecule is Cc1cccc(O[C@@H](C)C(=O)NCc2cccs2)c1. The number of aryl methyl sites for hydroxylation is 1. The zero-order chi connectivity index (χ0) is 13.7. The predicted octanol–water partition coefficient (Wildman–Crippen LogP) is 3.14. The first-order valence-corrected chi connectivity index (χ1v) is 7.06. The summed E-state index contributed by atoms with van der Waals surface area (Å²) in [5.41, 5.74) is 1.11. The monoisotopic (exact) mass is 275 g/mol. The summed E-state index contributed by atoms with van der Waals surface area (Å²) in [5, 5.41) is 4.86. The molecule has 4 heteroatoms. The van der Waals surface area contributed by atoms with Gasteiger partial charge in [0.15, 0.2) is 6.10 Å². The molecular weight excluding hydrogens is 258 g/mol. The number of thiophene rings is 1. The van der Waals surface area contributed by atoms with Crippen molar-refractivity contribution < 1.29 is 9.53 Å². The van der Waals surface area contributed by atoms with Gasteiger partial charge in [-0.3, -0.25) is 4.79 Å². The third-order valence-corrected chi connectivity index (χ3v) is 3.56. The van der Waals surface area contributed by atoms with E-state index in [-0.39, 0.29) is 5.91 Å². The van der Waals surface area contributed by atoms with Gasteiger partial charge < -0.3 is 10.1 Å². The van der Waals surface area contributed by atoms with Crippen molar-refractivity contribution in [2.75, 3.05) is 0 Å². The smallest absolute Gasteiger partial charge is 0.261 e.